The fourth-order valence-electron chi connectivity index (χ4n) is 7.48. The minimum atomic E-state index is -0.317. The predicted molar refractivity (Wildman–Crippen MR) is 122 cm³/mol. The maximum Gasteiger partial charge on any atom is 0.242 e. The molecule has 2 amide bonds. The number of hydrogen-bond donors (Lipinski definition) is 1. The van der Waals surface area contributed by atoms with Crippen LogP contribution in [0.25, 0.3) is 0 Å². The monoisotopic (exact) mass is 440 g/mol. The first-order chi connectivity index (χ1) is 15.5. The average Bonchev–Trinajstić information content (AvgIpc) is 3.27. The van der Waals surface area contributed by atoms with E-state index in [0.717, 1.165) is 73.5 Å². The summed E-state index contributed by atoms with van der Waals surface area (Å²) in [5.41, 5.74) is 0.825. The zero-order valence-corrected chi connectivity index (χ0v) is 19.4. The summed E-state index contributed by atoms with van der Waals surface area (Å²) < 4.78 is 10.8. The SMILES string of the molecule is COc1ccc(OC)c(CCNC(=O)C2CCCN2C(=O)C23CC4CC(CC(C4)C2)C3)c1. The van der Waals surface area contributed by atoms with Crippen molar-refractivity contribution in [3.63, 3.8) is 0 Å². The molecule has 6 heteroatoms. The number of amides is 2. The number of nitrogens with one attached hydrogen (secondary N) is 1. The number of carbonyl (C=O) groups excluding carboxylic acids is 2. The van der Waals surface area contributed by atoms with Crippen LogP contribution in [0.2, 0.25) is 0 Å². The molecule has 1 aliphatic heterocycles. The van der Waals surface area contributed by atoms with Gasteiger partial charge in [-0.2, -0.15) is 0 Å². The fourth-order valence-corrected chi connectivity index (χ4v) is 7.48. The van der Waals surface area contributed by atoms with E-state index in [9.17, 15) is 9.59 Å². The highest BCUT2D eigenvalue weighted by Gasteiger charge is 2.56. The molecule has 174 valence electrons. The van der Waals surface area contributed by atoms with Gasteiger partial charge < -0.3 is 19.7 Å². The molecule has 4 aliphatic carbocycles. The lowest BCUT2D eigenvalue weighted by Gasteiger charge is -2.56. The Labute approximate surface area is 191 Å². The van der Waals surface area contributed by atoms with Crippen molar-refractivity contribution in [2.24, 2.45) is 23.2 Å². The third-order valence-electron chi connectivity index (χ3n) is 8.49. The number of nitrogens with zero attached hydrogens (tertiary/aromatic N) is 1. The lowest BCUT2D eigenvalue weighted by atomic mass is 9.49. The van der Waals surface area contributed by atoms with Crippen LogP contribution in [0, 0.1) is 23.2 Å². The van der Waals surface area contributed by atoms with E-state index in [-0.39, 0.29) is 23.3 Å². The Hall–Kier alpha value is -2.24. The van der Waals surface area contributed by atoms with Crippen LogP contribution >= 0.6 is 0 Å². The number of hydrogen-bond acceptors (Lipinski definition) is 4. The Morgan fingerprint density at radius 3 is 2.38 bits per heavy atom. The zero-order valence-electron chi connectivity index (χ0n) is 19.4. The standard InChI is InChI=1S/C26H36N2O4/c1-31-21-5-6-23(32-2)20(13-21)7-8-27-24(29)22-4-3-9-28(22)25(30)26-14-17-10-18(15-26)12-19(11-17)16-26/h5-6,13,17-19,22H,3-4,7-12,14-16H2,1-2H3,(H,27,29). The number of rotatable bonds is 7. The van der Waals surface area contributed by atoms with Gasteiger partial charge in [-0.05, 0) is 99.3 Å². The van der Waals surface area contributed by atoms with E-state index >= 15 is 0 Å². The van der Waals surface area contributed by atoms with Crippen molar-refractivity contribution in [2.75, 3.05) is 27.3 Å². The first-order valence-corrected chi connectivity index (χ1v) is 12.3. The molecule has 5 aliphatic rings. The van der Waals surface area contributed by atoms with E-state index in [1.54, 1.807) is 14.2 Å². The van der Waals surface area contributed by atoms with Crippen molar-refractivity contribution in [3.05, 3.63) is 23.8 Å². The van der Waals surface area contributed by atoms with E-state index in [4.69, 9.17) is 9.47 Å². The topological polar surface area (TPSA) is 67.9 Å². The van der Waals surface area contributed by atoms with Crippen molar-refractivity contribution >= 4 is 11.8 Å². The van der Waals surface area contributed by atoms with Crippen LogP contribution in [0.15, 0.2) is 18.2 Å². The van der Waals surface area contributed by atoms with Gasteiger partial charge in [0.05, 0.1) is 19.6 Å². The Balaban J connectivity index is 1.21. The summed E-state index contributed by atoms with van der Waals surface area (Å²) in [5.74, 6) is 4.04. The van der Waals surface area contributed by atoms with Gasteiger partial charge in [0.2, 0.25) is 11.8 Å². The van der Waals surface area contributed by atoms with Crippen LogP contribution in [0.3, 0.4) is 0 Å². The summed E-state index contributed by atoms with van der Waals surface area (Å²) in [6, 6.07) is 5.39. The van der Waals surface area contributed by atoms with Crippen LogP contribution in [-0.2, 0) is 16.0 Å². The van der Waals surface area contributed by atoms with Crippen molar-refractivity contribution in [3.8, 4) is 11.5 Å². The summed E-state index contributed by atoms with van der Waals surface area (Å²) >= 11 is 0. The quantitative estimate of drug-likeness (QED) is 0.704. The molecule has 4 bridgehead atoms. The van der Waals surface area contributed by atoms with E-state index in [1.807, 2.05) is 23.1 Å². The summed E-state index contributed by atoms with van der Waals surface area (Å²) in [6.07, 6.45) is 9.47. The van der Waals surface area contributed by atoms with Crippen LogP contribution in [0.5, 0.6) is 11.5 Å². The lowest BCUT2D eigenvalue weighted by Crippen LogP contribution is -2.57. The molecule has 1 unspecified atom stereocenters. The first kappa shape index (κ1) is 21.6. The molecule has 1 N–H and O–H groups in total. The Bertz CT molecular complexity index is 847. The molecule has 1 aromatic carbocycles. The molecule has 5 fully saturated rings. The van der Waals surface area contributed by atoms with E-state index in [1.165, 1.54) is 19.3 Å². The van der Waals surface area contributed by atoms with Gasteiger partial charge in [-0.1, -0.05) is 0 Å². The molecule has 1 saturated heterocycles. The molecule has 0 aromatic heterocycles. The summed E-state index contributed by atoms with van der Waals surface area (Å²) in [6.45, 7) is 1.24. The largest absolute Gasteiger partial charge is 0.497 e. The number of benzene rings is 1. The van der Waals surface area contributed by atoms with Crippen molar-refractivity contribution in [1.82, 2.24) is 10.2 Å². The normalized spacial score (nSPS) is 32.8. The van der Waals surface area contributed by atoms with Gasteiger partial charge in [0, 0.05) is 13.1 Å². The van der Waals surface area contributed by atoms with Gasteiger partial charge in [0.15, 0.2) is 0 Å². The number of carbonyl (C=O) groups is 2. The third-order valence-corrected chi connectivity index (χ3v) is 8.49. The highest BCUT2D eigenvalue weighted by Crippen LogP contribution is 2.60. The van der Waals surface area contributed by atoms with Gasteiger partial charge in [0.1, 0.15) is 17.5 Å². The fraction of sp³-hybridized carbons (Fsp3) is 0.692. The average molecular weight is 441 g/mol. The molecular formula is C26H36N2O4. The van der Waals surface area contributed by atoms with E-state index in [2.05, 4.69) is 5.32 Å². The Morgan fingerprint density at radius 2 is 1.75 bits per heavy atom. The van der Waals surface area contributed by atoms with Crippen LogP contribution in [0.1, 0.15) is 56.9 Å². The first-order valence-electron chi connectivity index (χ1n) is 12.3. The van der Waals surface area contributed by atoms with Gasteiger partial charge >= 0.3 is 0 Å². The Morgan fingerprint density at radius 1 is 1.06 bits per heavy atom. The molecule has 1 aromatic rings. The summed E-state index contributed by atoms with van der Waals surface area (Å²) in [7, 11) is 3.29. The molecule has 6 rings (SSSR count). The molecule has 6 nitrogen and oxygen atoms in total. The van der Waals surface area contributed by atoms with Crippen LogP contribution in [0.4, 0.5) is 0 Å². The lowest BCUT2D eigenvalue weighted by molar-refractivity contribution is -0.160. The van der Waals surface area contributed by atoms with Crippen molar-refractivity contribution in [1.29, 1.82) is 0 Å². The van der Waals surface area contributed by atoms with Crippen LogP contribution in [-0.4, -0.2) is 50.1 Å². The Kier molecular flexibility index (Phi) is 5.81. The maximum absolute atomic E-state index is 13.8. The highest BCUT2D eigenvalue weighted by atomic mass is 16.5. The maximum atomic E-state index is 13.8. The minimum Gasteiger partial charge on any atom is -0.497 e. The van der Waals surface area contributed by atoms with E-state index in [0.29, 0.717) is 13.0 Å². The second kappa shape index (κ2) is 8.60. The molecule has 1 atom stereocenters. The van der Waals surface area contributed by atoms with Crippen molar-refractivity contribution in [2.45, 2.75) is 63.8 Å². The van der Waals surface area contributed by atoms with Gasteiger partial charge in [0.25, 0.3) is 0 Å². The van der Waals surface area contributed by atoms with E-state index < -0.39 is 0 Å². The number of methoxy groups -OCH3 is 2. The molecule has 0 radical (unpaired) electrons. The highest BCUT2D eigenvalue weighted by molar-refractivity contribution is 5.91. The molecule has 32 heavy (non-hydrogen) atoms. The number of ether oxygens (including phenoxy) is 2. The summed E-state index contributed by atoms with van der Waals surface area (Å²) in [4.78, 5) is 28.8. The van der Waals surface area contributed by atoms with Gasteiger partial charge in [-0.25, -0.2) is 0 Å². The third kappa shape index (κ3) is 3.86. The number of likely N-dealkylation sites (tertiary alicyclic amines) is 1. The zero-order chi connectivity index (χ0) is 22.3. The summed E-state index contributed by atoms with van der Waals surface area (Å²) in [5, 5.41) is 3.09. The minimum absolute atomic E-state index is 0.0116. The van der Waals surface area contributed by atoms with Crippen molar-refractivity contribution < 1.29 is 19.1 Å². The second-order valence-electron chi connectivity index (χ2n) is 10.6. The molecular weight excluding hydrogens is 404 g/mol. The second-order valence-corrected chi connectivity index (χ2v) is 10.6. The molecule has 0 spiro atoms. The van der Waals surface area contributed by atoms with Gasteiger partial charge in [-0.15, -0.1) is 0 Å². The van der Waals surface area contributed by atoms with Gasteiger partial charge in [-0.3, -0.25) is 9.59 Å². The molecule has 4 saturated carbocycles. The predicted octanol–water partition coefficient (Wildman–Crippen LogP) is 3.57. The van der Waals surface area contributed by atoms with Crippen LogP contribution < -0.4 is 14.8 Å². The smallest absolute Gasteiger partial charge is 0.242 e. The molecule has 1 heterocycles.